The molecule has 2 amide bonds. The number of hydrazone groups is 1. The number of amides is 2. The third-order valence-electron chi connectivity index (χ3n) is 6.57. The van der Waals surface area contributed by atoms with E-state index in [0.717, 1.165) is 48.3 Å². The molecule has 8 heteroatoms. The maximum atomic E-state index is 13.2. The van der Waals surface area contributed by atoms with Crippen molar-refractivity contribution in [3.8, 4) is 0 Å². The van der Waals surface area contributed by atoms with Crippen LogP contribution in [0.3, 0.4) is 0 Å². The van der Waals surface area contributed by atoms with Gasteiger partial charge in [0.25, 0.3) is 11.8 Å². The number of aliphatic hydroxyl groups excluding tert-OH is 1. The van der Waals surface area contributed by atoms with E-state index in [1.807, 2.05) is 62.4 Å². The second-order valence-corrected chi connectivity index (χ2v) is 10.5. The molecule has 1 saturated heterocycles. The van der Waals surface area contributed by atoms with E-state index in [0.29, 0.717) is 28.3 Å². The maximum absolute atomic E-state index is 13.2. The molecule has 0 atom stereocenters. The highest BCUT2D eigenvalue weighted by atomic mass is 32.2. The van der Waals surface area contributed by atoms with E-state index in [9.17, 15) is 9.59 Å². The lowest BCUT2D eigenvalue weighted by Crippen LogP contribution is -2.23. The molecule has 0 saturated carbocycles. The number of hydrogen-bond donors (Lipinski definition) is 3. The number of anilines is 2. The summed E-state index contributed by atoms with van der Waals surface area (Å²) >= 11 is 1.61. The van der Waals surface area contributed by atoms with Crippen molar-refractivity contribution in [1.82, 2.24) is 5.43 Å². The van der Waals surface area contributed by atoms with Crippen molar-refractivity contribution >= 4 is 41.2 Å². The van der Waals surface area contributed by atoms with Crippen LogP contribution in [0.4, 0.5) is 11.4 Å². The zero-order chi connectivity index (χ0) is 26.9. The van der Waals surface area contributed by atoms with E-state index in [1.165, 1.54) is 5.56 Å². The molecule has 7 nitrogen and oxygen atoms in total. The minimum absolute atomic E-state index is 0.123. The Morgan fingerprint density at radius 1 is 1.00 bits per heavy atom. The van der Waals surface area contributed by atoms with Gasteiger partial charge in [0.05, 0.1) is 24.1 Å². The molecule has 0 aliphatic carbocycles. The highest BCUT2D eigenvalue weighted by Gasteiger charge is 2.19. The fourth-order valence-electron chi connectivity index (χ4n) is 4.32. The van der Waals surface area contributed by atoms with E-state index in [-0.39, 0.29) is 12.5 Å². The molecule has 0 spiro atoms. The van der Waals surface area contributed by atoms with Crippen LogP contribution in [-0.4, -0.2) is 48.6 Å². The molecule has 1 fully saturated rings. The van der Waals surface area contributed by atoms with Crippen molar-refractivity contribution in [2.45, 2.75) is 32.4 Å². The standard InChI is InChI=1S/C30H34N4O3S/c1-21-8-9-23(16-22(21)2)19-31-33-30(37)27-18-26(34-12-3-4-13-34)10-11-28(27)32-29(36)25-7-5-6-24(17-25)20-38-15-14-35/h5-11,16-19,35H,3-4,12-15,20H2,1-2H3,(H,32,36)(H,33,37). The minimum atomic E-state index is -0.393. The van der Waals surface area contributed by atoms with Crippen LogP contribution in [0.5, 0.6) is 0 Å². The molecule has 1 aliphatic rings. The molecule has 1 aliphatic heterocycles. The normalized spacial score (nSPS) is 13.2. The van der Waals surface area contributed by atoms with Gasteiger partial charge in [0.2, 0.25) is 0 Å². The fraction of sp³-hybridized carbons (Fsp3) is 0.300. The van der Waals surface area contributed by atoms with E-state index >= 15 is 0 Å². The summed E-state index contributed by atoms with van der Waals surface area (Å²) in [4.78, 5) is 28.6. The number of carbonyl (C=O) groups is 2. The van der Waals surface area contributed by atoms with Crippen LogP contribution in [0.2, 0.25) is 0 Å². The summed E-state index contributed by atoms with van der Waals surface area (Å²) in [5, 5.41) is 16.1. The largest absolute Gasteiger partial charge is 0.396 e. The van der Waals surface area contributed by atoms with Gasteiger partial charge in [-0.15, -0.1) is 0 Å². The minimum Gasteiger partial charge on any atom is -0.396 e. The molecular weight excluding hydrogens is 496 g/mol. The van der Waals surface area contributed by atoms with Gasteiger partial charge in [-0.3, -0.25) is 9.59 Å². The number of hydrogen-bond acceptors (Lipinski definition) is 6. The summed E-state index contributed by atoms with van der Waals surface area (Å²) < 4.78 is 0. The Morgan fingerprint density at radius 2 is 1.82 bits per heavy atom. The van der Waals surface area contributed by atoms with Crippen LogP contribution in [0.15, 0.2) is 65.8 Å². The molecule has 0 aromatic heterocycles. The van der Waals surface area contributed by atoms with Crippen LogP contribution in [0.25, 0.3) is 0 Å². The first-order chi connectivity index (χ1) is 18.4. The van der Waals surface area contributed by atoms with Gasteiger partial charge in [-0.1, -0.05) is 30.3 Å². The van der Waals surface area contributed by atoms with Crippen LogP contribution >= 0.6 is 11.8 Å². The van der Waals surface area contributed by atoms with Crippen molar-refractivity contribution < 1.29 is 14.7 Å². The van der Waals surface area contributed by atoms with Crippen molar-refractivity contribution in [2.75, 3.05) is 35.7 Å². The molecular formula is C30H34N4O3S. The highest BCUT2D eigenvalue weighted by molar-refractivity contribution is 7.98. The maximum Gasteiger partial charge on any atom is 0.273 e. The Kier molecular flexibility index (Phi) is 9.56. The van der Waals surface area contributed by atoms with Gasteiger partial charge in [0.15, 0.2) is 0 Å². The summed E-state index contributed by atoms with van der Waals surface area (Å²) in [5.41, 5.74) is 9.11. The van der Waals surface area contributed by atoms with Crippen LogP contribution in [-0.2, 0) is 5.75 Å². The third-order valence-corrected chi connectivity index (χ3v) is 7.58. The molecule has 3 aromatic carbocycles. The molecule has 1 heterocycles. The smallest absolute Gasteiger partial charge is 0.273 e. The van der Waals surface area contributed by atoms with Gasteiger partial charge in [-0.05, 0) is 79.3 Å². The Morgan fingerprint density at radius 3 is 2.58 bits per heavy atom. The quantitative estimate of drug-likeness (QED) is 0.192. The Bertz CT molecular complexity index is 1320. The number of thioether (sulfide) groups is 1. The van der Waals surface area contributed by atoms with E-state index < -0.39 is 5.91 Å². The second kappa shape index (κ2) is 13.3. The first-order valence-electron chi connectivity index (χ1n) is 12.8. The van der Waals surface area contributed by atoms with Crippen molar-refractivity contribution in [3.05, 3.63) is 94.0 Å². The number of nitrogens with one attached hydrogen (secondary N) is 2. The SMILES string of the molecule is Cc1ccc(C=NNC(=O)c2cc(N3CCCC3)ccc2NC(=O)c2cccc(CSCCO)c2)cc1C. The van der Waals surface area contributed by atoms with Gasteiger partial charge in [0.1, 0.15) is 0 Å². The lowest BCUT2D eigenvalue weighted by molar-refractivity contribution is 0.0956. The third kappa shape index (κ3) is 7.24. The number of aryl methyl sites for hydroxylation is 2. The molecule has 38 heavy (non-hydrogen) atoms. The Hall–Kier alpha value is -3.62. The van der Waals surface area contributed by atoms with Gasteiger partial charge < -0.3 is 15.3 Å². The molecule has 3 aromatic rings. The lowest BCUT2D eigenvalue weighted by atomic mass is 10.1. The Labute approximate surface area is 228 Å². The molecule has 0 bridgehead atoms. The summed E-state index contributed by atoms with van der Waals surface area (Å²) in [6.45, 7) is 6.09. The van der Waals surface area contributed by atoms with Crippen molar-refractivity contribution in [1.29, 1.82) is 0 Å². The predicted octanol–water partition coefficient (Wildman–Crippen LogP) is 5.15. The zero-order valence-electron chi connectivity index (χ0n) is 21.9. The Balaban J connectivity index is 1.53. The number of carbonyl (C=O) groups excluding carboxylic acids is 2. The van der Waals surface area contributed by atoms with Gasteiger partial charge >= 0.3 is 0 Å². The first kappa shape index (κ1) is 27.4. The first-order valence-corrected chi connectivity index (χ1v) is 14.0. The van der Waals surface area contributed by atoms with Crippen molar-refractivity contribution in [3.63, 3.8) is 0 Å². The number of rotatable bonds is 10. The van der Waals surface area contributed by atoms with E-state index in [1.54, 1.807) is 30.1 Å². The summed E-state index contributed by atoms with van der Waals surface area (Å²) in [7, 11) is 0. The topological polar surface area (TPSA) is 94.0 Å². The molecule has 3 N–H and O–H groups in total. The van der Waals surface area contributed by atoms with Crippen molar-refractivity contribution in [2.24, 2.45) is 5.10 Å². The van der Waals surface area contributed by atoms with Gasteiger partial charge in [-0.25, -0.2) is 5.43 Å². The van der Waals surface area contributed by atoms with E-state index in [4.69, 9.17) is 5.11 Å². The molecule has 198 valence electrons. The second-order valence-electron chi connectivity index (χ2n) is 9.40. The van der Waals surface area contributed by atoms with E-state index in [2.05, 4.69) is 20.7 Å². The van der Waals surface area contributed by atoms with Gasteiger partial charge in [0, 0.05) is 35.8 Å². The summed E-state index contributed by atoms with van der Waals surface area (Å²) in [6, 6.07) is 18.9. The molecule has 0 radical (unpaired) electrons. The number of nitrogens with zero attached hydrogens (tertiary/aromatic N) is 2. The fourth-order valence-corrected chi connectivity index (χ4v) is 5.01. The predicted molar refractivity (Wildman–Crippen MR) is 157 cm³/mol. The average molecular weight is 531 g/mol. The highest BCUT2D eigenvalue weighted by Crippen LogP contribution is 2.27. The molecule has 4 rings (SSSR count). The van der Waals surface area contributed by atoms with Gasteiger partial charge in [-0.2, -0.15) is 16.9 Å². The molecule has 0 unspecified atom stereocenters. The van der Waals surface area contributed by atoms with Crippen LogP contribution in [0, 0.1) is 13.8 Å². The van der Waals surface area contributed by atoms with Crippen LogP contribution < -0.4 is 15.6 Å². The lowest BCUT2D eigenvalue weighted by Gasteiger charge is -2.20. The monoisotopic (exact) mass is 530 g/mol. The summed E-state index contributed by atoms with van der Waals surface area (Å²) in [6.07, 6.45) is 3.85. The number of aliphatic hydroxyl groups is 1. The summed E-state index contributed by atoms with van der Waals surface area (Å²) in [5.74, 6) is 0.666. The van der Waals surface area contributed by atoms with Crippen LogP contribution in [0.1, 0.15) is 55.8 Å². The average Bonchev–Trinajstić information content (AvgIpc) is 3.46. The zero-order valence-corrected chi connectivity index (χ0v) is 22.7. The number of benzene rings is 3.